The molecular formula is C23H24ClN3O3S. The van der Waals surface area contributed by atoms with Gasteiger partial charge >= 0.3 is 0 Å². The van der Waals surface area contributed by atoms with Crippen LogP contribution in [0.5, 0.6) is 0 Å². The highest BCUT2D eigenvalue weighted by molar-refractivity contribution is 7.89. The molecule has 0 saturated carbocycles. The molecule has 31 heavy (non-hydrogen) atoms. The van der Waals surface area contributed by atoms with E-state index in [2.05, 4.69) is 5.32 Å². The summed E-state index contributed by atoms with van der Waals surface area (Å²) in [4.78, 5) is 13.1. The van der Waals surface area contributed by atoms with Crippen LogP contribution in [0, 0.1) is 13.8 Å². The van der Waals surface area contributed by atoms with Crippen molar-refractivity contribution in [2.45, 2.75) is 31.6 Å². The molecule has 162 valence electrons. The van der Waals surface area contributed by atoms with Crippen LogP contribution in [-0.4, -0.2) is 36.3 Å². The number of sulfonamides is 1. The number of nitrogens with zero attached hydrogens (tertiary/aromatic N) is 2. The van der Waals surface area contributed by atoms with Gasteiger partial charge in [-0.05, 0) is 81.3 Å². The monoisotopic (exact) mass is 457 g/mol. The molecule has 0 spiro atoms. The maximum absolute atomic E-state index is 12.9. The smallest absolute Gasteiger partial charge is 0.257 e. The average molecular weight is 458 g/mol. The van der Waals surface area contributed by atoms with E-state index >= 15 is 0 Å². The van der Waals surface area contributed by atoms with E-state index in [0.29, 0.717) is 29.4 Å². The lowest BCUT2D eigenvalue weighted by Crippen LogP contribution is -2.27. The minimum Gasteiger partial charge on any atom is -0.322 e. The minimum atomic E-state index is -3.48. The number of rotatable bonds is 5. The average Bonchev–Trinajstić information content (AvgIpc) is 3.40. The first kappa shape index (κ1) is 21.6. The van der Waals surface area contributed by atoms with E-state index in [4.69, 9.17) is 11.6 Å². The largest absolute Gasteiger partial charge is 0.322 e. The zero-order valence-corrected chi connectivity index (χ0v) is 19.0. The second-order valence-electron chi connectivity index (χ2n) is 7.71. The quantitative estimate of drug-likeness (QED) is 0.599. The Balaban J connectivity index is 1.55. The molecule has 1 aromatic heterocycles. The lowest BCUT2D eigenvalue weighted by atomic mass is 10.1. The first-order valence-electron chi connectivity index (χ1n) is 10.1. The maximum Gasteiger partial charge on any atom is 0.257 e. The Labute approximate surface area is 187 Å². The zero-order valence-electron chi connectivity index (χ0n) is 17.4. The number of aromatic nitrogens is 1. The van der Waals surface area contributed by atoms with Gasteiger partial charge in [0.05, 0.1) is 15.5 Å². The highest BCUT2D eigenvalue weighted by Gasteiger charge is 2.27. The summed E-state index contributed by atoms with van der Waals surface area (Å²) >= 11 is 6.30. The molecule has 4 rings (SSSR count). The normalized spacial score (nSPS) is 14.7. The standard InChI is InChI=1S/C23H24ClN3O3S/c1-16-5-6-17(2)27(16)19-9-12-22(24)21(15-19)23(28)25-18-7-10-20(11-8-18)31(29,30)26-13-3-4-14-26/h5-12,15H,3-4,13-14H2,1-2H3,(H,25,28). The van der Waals surface area contributed by atoms with E-state index in [1.165, 1.54) is 16.4 Å². The van der Waals surface area contributed by atoms with Crippen molar-refractivity contribution in [3.8, 4) is 5.69 Å². The van der Waals surface area contributed by atoms with Crippen molar-refractivity contribution in [2.24, 2.45) is 0 Å². The fourth-order valence-corrected chi connectivity index (χ4v) is 5.61. The van der Waals surface area contributed by atoms with Gasteiger partial charge < -0.3 is 9.88 Å². The maximum atomic E-state index is 12.9. The molecule has 8 heteroatoms. The lowest BCUT2D eigenvalue weighted by molar-refractivity contribution is 0.102. The van der Waals surface area contributed by atoms with E-state index in [-0.39, 0.29) is 10.8 Å². The second kappa shape index (κ2) is 8.49. The highest BCUT2D eigenvalue weighted by atomic mass is 35.5. The van der Waals surface area contributed by atoms with Crippen LogP contribution in [0.3, 0.4) is 0 Å². The molecule has 1 amide bonds. The van der Waals surface area contributed by atoms with Gasteiger partial charge in [-0.15, -0.1) is 0 Å². The first-order valence-corrected chi connectivity index (χ1v) is 12.0. The number of hydrogen-bond acceptors (Lipinski definition) is 3. The molecule has 0 radical (unpaired) electrons. The molecule has 6 nitrogen and oxygen atoms in total. The number of anilines is 1. The van der Waals surface area contributed by atoms with Gasteiger partial charge in [0.2, 0.25) is 10.0 Å². The number of carbonyl (C=O) groups is 1. The Morgan fingerprint density at radius 3 is 2.16 bits per heavy atom. The summed E-state index contributed by atoms with van der Waals surface area (Å²) < 4.78 is 28.9. The van der Waals surface area contributed by atoms with E-state index in [1.807, 2.05) is 36.6 Å². The third kappa shape index (κ3) is 4.26. The molecule has 0 unspecified atom stereocenters. The summed E-state index contributed by atoms with van der Waals surface area (Å²) in [5, 5.41) is 3.15. The van der Waals surface area contributed by atoms with Gasteiger partial charge in [-0.3, -0.25) is 4.79 Å². The molecule has 0 bridgehead atoms. The molecule has 0 aliphatic carbocycles. The van der Waals surface area contributed by atoms with Crippen LogP contribution in [-0.2, 0) is 10.0 Å². The summed E-state index contributed by atoms with van der Waals surface area (Å²) in [5.41, 5.74) is 3.81. The van der Waals surface area contributed by atoms with Crippen molar-refractivity contribution in [1.29, 1.82) is 0 Å². The molecule has 1 fully saturated rings. The van der Waals surface area contributed by atoms with Crippen molar-refractivity contribution in [3.63, 3.8) is 0 Å². The fraction of sp³-hybridized carbons (Fsp3) is 0.261. The van der Waals surface area contributed by atoms with Gasteiger partial charge in [0.25, 0.3) is 5.91 Å². The molecule has 3 aromatic rings. The van der Waals surface area contributed by atoms with Crippen molar-refractivity contribution >= 4 is 33.2 Å². The molecule has 1 aliphatic rings. The summed E-state index contributed by atoms with van der Waals surface area (Å²) in [7, 11) is -3.48. The van der Waals surface area contributed by atoms with Gasteiger partial charge in [-0.25, -0.2) is 8.42 Å². The molecule has 1 saturated heterocycles. The van der Waals surface area contributed by atoms with Crippen molar-refractivity contribution in [3.05, 3.63) is 76.6 Å². The van der Waals surface area contributed by atoms with E-state index in [1.54, 1.807) is 24.3 Å². The molecule has 2 aromatic carbocycles. The first-order chi connectivity index (χ1) is 14.8. The van der Waals surface area contributed by atoms with Crippen molar-refractivity contribution in [2.75, 3.05) is 18.4 Å². The highest BCUT2D eigenvalue weighted by Crippen LogP contribution is 2.25. The Morgan fingerprint density at radius 1 is 0.935 bits per heavy atom. The second-order valence-corrected chi connectivity index (χ2v) is 10.1. The van der Waals surface area contributed by atoms with Crippen LogP contribution in [0.2, 0.25) is 5.02 Å². The summed E-state index contributed by atoms with van der Waals surface area (Å²) in [6.07, 6.45) is 1.77. The van der Waals surface area contributed by atoms with Crippen molar-refractivity contribution < 1.29 is 13.2 Å². The van der Waals surface area contributed by atoms with E-state index in [9.17, 15) is 13.2 Å². The Hall–Kier alpha value is -2.61. The number of carbonyl (C=O) groups excluding carboxylic acids is 1. The third-order valence-electron chi connectivity index (χ3n) is 5.54. The SMILES string of the molecule is Cc1ccc(C)n1-c1ccc(Cl)c(C(=O)Nc2ccc(S(=O)(=O)N3CCCC3)cc2)c1. The minimum absolute atomic E-state index is 0.228. The Bertz CT molecular complexity index is 1210. The third-order valence-corrected chi connectivity index (χ3v) is 7.78. The number of hydrogen-bond donors (Lipinski definition) is 1. The predicted molar refractivity (Wildman–Crippen MR) is 123 cm³/mol. The zero-order chi connectivity index (χ0) is 22.2. The van der Waals surface area contributed by atoms with Gasteiger partial charge in [0, 0.05) is 35.9 Å². The van der Waals surface area contributed by atoms with Crippen LogP contribution in [0.15, 0.2) is 59.5 Å². The lowest BCUT2D eigenvalue weighted by Gasteiger charge is -2.16. The Morgan fingerprint density at radius 2 is 1.55 bits per heavy atom. The van der Waals surface area contributed by atoms with Gasteiger partial charge in [-0.2, -0.15) is 4.31 Å². The number of benzene rings is 2. The van der Waals surface area contributed by atoms with Crippen LogP contribution >= 0.6 is 11.6 Å². The number of aryl methyl sites for hydroxylation is 2. The molecule has 0 atom stereocenters. The number of amides is 1. The number of nitrogens with one attached hydrogen (secondary N) is 1. The topological polar surface area (TPSA) is 71.4 Å². The number of halogens is 1. The molecular weight excluding hydrogens is 434 g/mol. The Kier molecular flexibility index (Phi) is 5.92. The van der Waals surface area contributed by atoms with E-state index < -0.39 is 10.0 Å². The molecule has 1 N–H and O–H groups in total. The van der Waals surface area contributed by atoms with E-state index in [0.717, 1.165) is 29.9 Å². The summed E-state index contributed by atoms with van der Waals surface area (Å²) in [6, 6.07) is 15.6. The fourth-order valence-electron chi connectivity index (χ4n) is 3.89. The van der Waals surface area contributed by atoms with Crippen LogP contribution in [0.1, 0.15) is 34.6 Å². The van der Waals surface area contributed by atoms with Crippen molar-refractivity contribution in [1.82, 2.24) is 8.87 Å². The summed E-state index contributed by atoms with van der Waals surface area (Å²) in [6.45, 7) is 5.10. The van der Waals surface area contributed by atoms with Crippen LogP contribution < -0.4 is 5.32 Å². The van der Waals surface area contributed by atoms with Crippen LogP contribution in [0.25, 0.3) is 5.69 Å². The van der Waals surface area contributed by atoms with Gasteiger partial charge in [0.1, 0.15) is 0 Å². The summed E-state index contributed by atoms with van der Waals surface area (Å²) in [5.74, 6) is -0.357. The van der Waals surface area contributed by atoms with Crippen LogP contribution in [0.4, 0.5) is 5.69 Å². The predicted octanol–water partition coefficient (Wildman–Crippen LogP) is 4.78. The molecule has 2 heterocycles. The van der Waals surface area contributed by atoms with Gasteiger partial charge in [0.15, 0.2) is 0 Å². The molecule has 1 aliphatic heterocycles. The van der Waals surface area contributed by atoms with Gasteiger partial charge in [-0.1, -0.05) is 11.6 Å².